The molecule has 1 aliphatic rings. The minimum absolute atomic E-state index is 0.502. The van der Waals surface area contributed by atoms with Crippen molar-refractivity contribution >= 4 is 22.5 Å². The van der Waals surface area contributed by atoms with Crippen LogP contribution in [0.1, 0.15) is 28.5 Å². The van der Waals surface area contributed by atoms with Crippen molar-refractivity contribution in [1.82, 2.24) is 14.5 Å². The van der Waals surface area contributed by atoms with Crippen molar-refractivity contribution in [2.45, 2.75) is 32.5 Å². The number of aliphatic hydroxyl groups is 1. The molecule has 5 heteroatoms. The number of pyridine rings is 1. The molecule has 0 bridgehead atoms. The molecule has 1 atom stereocenters. The van der Waals surface area contributed by atoms with Gasteiger partial charge in [0.15, 0.2) is 0 Å². The molecular formula is C20H22ClN3O. The SMILES string of the molecule is Cc1ccc2c(c1)c1c(n2CC(O)c2ccncc2Cl)CCN(C)C1. The Morgan fingerprint density at radius 2 is 2.16 bits per heavy atom. The van der Waals surface area contributed by atoms with Crippen molar-refractivity contribution in [2.24, 2.45) is 0 Å². The van der Waals surface area contributed by atoms with Crippen LogP contribution < -0.4 is 0 Å². The fourth-order valence-corrected chi connectivity index (χ4v) is 4.08. The zero-order valence-corrected chi connectivity index (χ0v) is 15.3. The molecule has 3 heterocycles. The summed E-state index contributed by atoms with van der Waals surface area (Å²) in [5, 5.41) is 12.6. The summed E-state index contributed by atoms with van der Waals surface area (Å²) in [6.45, 7) is 4.62. The van der Waals surface area contributed by atoms with Crippen molar-refractivity contribution < 1.29 is 5.11 Å². The van der Waals surface area contributed by atoms with Crippen LogP contribution in [0.4, 0.5) is 0 Å². The first-order valence-corrected chi connectivity index (χ1v) is 8.99. The van der Waals surface area contributed by atoms with Crippen LogP contribution in [0, 0.1) is 6.92 Å². The zero-order chi connectivity index (χ0) is 17.6. The van der Waals surface area contributed by atoms with Gasteiger partial charge in [-0.25, -0.2) is 0 Å². The van der Waals surface area contributed by atoms with Gasteiger partial charge in [0.25, 0.3) is 0 Å². The number of rotatable bonds is 3. The molecule has 0 amide bonds. The Hall–Kier alpha value is -1.88. The number of halogens is 1. The second-order valence-electron chi connectivity index (χ2n) is 6.96. The van der Waals surface area contributed by atoms with Crippen molar-refractivity contribution in [3.05, 3.63) is 64.1 Å². The third-order valence-corrected chi connectivity index (χ3v) is 5.43. The number of benzene rings is 1. The van der Waals surface area contributed by atoms with Gasteiger partial charge in [-0.2, -0.15) is 0 Å². The Kier molecular flexibility index (Phi) is 4.28. The molecule has 1 aromatic carbocycles. The minimum Gasteiger partial charge on any atom is -0.386 e. The monoisotopic (exact) mass is 355 g/mol. The van der Waals surface area contributed by atoms with Crippen LogP contribution in [0.2, 0.25) is 5.02 Å². The van der Waals surface area contributed by atoms with Crippen LogP contribution >= 0.6 is 11.6 Å². The van der Waals surface area contributed by atoms with Crippen molar-refractivity contribution in [3.8, 4) is 0 Å². The van der Waals surface area contributed by atoms with Gasteiger partial charge in [-0.3, -0.25) is 4.98 Å². The van der Waals surface area contributed by atoms with E-state index in [1.54, 1.807) is 18.5 Å². The van der Waals surface area contributed by atoms with Crippen molar-refractivity contribution in [3.63, 3.8) is 0 Å². The first-order chi connectivity index (χ1) is 12.0. The molecule has 25 heavy (non-hydrogen) atoms. The molecule has 0 fully saturated rings. The smallest absolute Gasteiger partial charge is 0.0984 e. The highest BCUT2D eigenvalue weighted by Crippen LogP contribution is 2.33. The number of aryl methyl sites for hydroxylation is 1. The van der Waals surface area contributed by atoms with Gasteiger partial charge in [0.2, 0.25) is 0 Å². The molecule has 0 radical (unpaired) electrons. The van der Waals surface area contributed by atoms with Crippen LogP contribution in [-0.4, -0.2) is 33.1 Å². The van der Waals surface area contributed by atoms with Gasteiger partial charge in [0, 0.05) is 54.1 Å². The Bertz CT molecular complexity index is 934. The van der Waals surface area contributed by atoms with Gasteiger partial charge in [-0.15, -0.1) is 0 Å². The lowest BCUT2D eigenvalue weighted by molar-refractivity contribution is 0.156. The quantitative estimate of drug-likeness (QED) is 0.778. The van der Waals surface area contributed by atoms with Gasteiger partial charge in [0.1, 0.15) is 0 Å². The fourth-order valence-electron chi connectivity index (χ4n) is 3.83. The van der Waals surface area contributed by atoms with E-state index >= 15 is 0 Å². The van der Waals surface area contributed by atoms with Crippen LogP contribution in [-0.2, 0) is 19.5 Å². The fraction of sp³-hybridized carbons (Fsp3) is 0.350. The maximum Gasteiger partial charge on any atom is 0.0984 e. The van der Waals surface area contributed by atoms with Crippen LogP contribution in [0.5, 0.6) is 0 Å². The molecule has 1 aliphatic heterocycles. The Balaban J connectivity index is 1.81. The summed E-state index contributed by atoms with van der Waals surface area (Å²) in [6, 6.07) is 8.36. The van der Waals surface area contributed by atoms with E-state index in [9.17, 15) is 5.11 Å². The summed E-state index contributed by atoms with van der Waals surface area (Å²) >= 11 is 6.22. The summed E-state index contributed by atoms with van der Waals surface area (Å²) in [6.07, 6.45) is 3.60. The third-order valence-electron chi connectivity index (χ3n) is 5.12. The summed E-state index contributed by atoms with van der Waals surface area (Å²) in [5.74, 6) is 0. The van der Waals surface area contributed by atoms with Crippen molar-refractivity contribution in [1.29, 1.82) is 0 Å². The highest BCUT2D eigenvalue weighted by molar-refractivity contribution is 6.31. The minimum atomic E-state index is -0.656. The van der Waals surface area contributed by atoms with Gasteiger partial charge in [-0.05, 0) is 37.7 Å². The summed E-state index contributed by atoms with van der Waals surface area (Å²) < 4.78 is 2.28. The molecule has 130 valence electrons. The standard InChI is InChI=1S/C20H22ClN3O/c1-13-3-4-18-15(9-13)16-11-23(2)8-6-19(16)24(18)12-20(25)14-5-7-22-10-17(14)21/h3-5,7,9-10,20,25H,6,8,11-12H2,1-2H3. The number of aromatic nitrogens is 2. The predicted octanol–water partition coefficient (Wildman–Crippen LogP) is 3.72. The number of likely N-dealkylation sites (N-methyl/N-ethyl adjacent to an activating group) is 1. The number of fused-ring (bicyclic) bond motifs is 3. The van der Waals surface area contributed by atoms with Gasteiger partial charge < -0.3 is 14.6 Å². The predicted molar refractivity (Wildman–Crippen MR) is 101 cm³/mol. The molecular weight excluding hydrogens is 334 g/mol. The maximum atomic E-state index is 10.8. The molecule has 1 unspecified atom stereocenters. The Morgan fingerprint density at radius 1 is 1.32 bits per heavy atom. The molecule has 0 saturated carbocycles. The van der Waals surface area contributed by atoms with E-state index in [1.165, 1.54) is 27.7 Å². The van der Waals surface area contributed by atoms with E-state index in [2.05, 4.69) is 46.6 Å². The van der Waals surface area contributed by atoms with E-state index in [0.29, 0.717) is 11.6 Å². The average molecular weight is 356 g/mol. The van der Waals surface area contributed by atoms with Crippen LogP contribution in [0.15, 0.2) is 36.7 Å². The lowest BCUT2D eigenvalue weighted by atomic mass is 10.0. The molecule has 0 aliphatic carbocycles. The van der Waals surface area contributed by atoms with E-state index in [4.69, 9.17) is 11.6 Å². The van der Waals surface area contributed by atoms with E-state index in [0.717, 1.165) is 25.1 Å². The number of hydrogen-bond acceptors (Lipinski definition) is 3. The molecule has 1 N–H and O–H groups in total. The van der Waals surface area contributed by atoms with Crippen molar-refractivity contribution in [2.75, 3.05) is 13.6 Å². The Labute approximate surface area is 152 Å². The average Bonchev–Trinajstić information content (AvgIpc) is 2.88. The van der Waals surface area contributed by atoms with Gasteiger partial charge >= 0.3 is 0 Å². The highest BCUT2D eigenvalue weighted by atomic mass is 35.5. The van der Waals surface area contributed by atoms with E-state index in [-0.39, 0.29) is 0 Å². The molecule has 2 aromatic heterocycles. The number of nitrogens with zero attached hydrogens (tertiary/aromatic N) is 3. The summed E-state index contributed by atoms with van der Waals surface area (Å²) in [5.41, 5.74) is 5.91. The second kappa shape index (κ2) is 6.45. The van der Waals surface area contributed by atoms with Gasteiger partial charge in [-0.1, -0.05) is 23.2 Å². The lowest BCUT2D eigenvalue weighted by Crippen LogP contribution is -2.27. The number of hydrogen-bond donors (Lipinski definition) is 1. The summed E-state index contributed by atoms with van der Waals surface area (Å²) in [7, 11) is 2.16. The lowest BCUT2D eigenvalue weighted by Gasteiger charge is -2.25. The normalized spacial score (nSPS) is 16.2. The van der Waals surface area contributed by atoms with Crippen LogP contribution in [0.3, 0.4) is 0 Å². The first-order valence-electron chi connectivity index (χ1n) is 8.61. The highest BCUT2D eigenvalue weighted by Gasteiger charge is 2.24. The largest absolute Gasteiger partial charge is 0.386 e. The molecule has 0 saturated heterocycles. The molecule has 3 aromatic rings. The third kappa shape index (κ3) is 2.95. The molecule has 4 rings (SSSR count). The summed E-state index contributed by atoms with van der Waals surface area (Å²) in [4.78, 5) is 6.36. The van der Waals surface area contributed by atoms with E-state index < -0.39 is 6.10 Å². The topological polar surface area (TPSA) is 41.3 Å². The number of aliphatic hydroxyl groups excluding tert-OH is 1. The van der Waals surface area contributed by atoms with Crippen LogP contribution in [0.25, 0.3) is 10.9 Å². The maximum absolute atomic E-state index is 10.8. The zero-order valence-electron chi connectivity index (χ0n) is 14.5. The molecule has 0 spiro atoms. The second-order valence-corrected chi connectivity index (χ2v) is 7.36. The molecule has 4 nitrogen and oxygen atoms in total. The van der Waals surface area contributed by atoms with E-state index in [1.807, 2.05) is 0 Å². The Morgan fingerprint density at radius 3 is 2.96 bits per heavy atom. The van der Waals surface area contributed by atoms with Gasteiger partial charge in [0.05, 0.1) is 17.7 Å². The first kappa shape index (κ1) is 16.6.